The number of para-hydroxylation sites is 2. The number of urea groups is 1. The number of piperidine rings is 1. The Balaban J connectivity index is 1.30. The van der Waals surface area contributed by atoms with Gasteiger partial charge in [0.15, 0.2) is 0 Å². The minimum atomic E-state index is 0.0213. The number of hydrogen-bond donors (Lipinski definition) is 1. The van der Waals surface area contributed by atoms with Crippen LogP contribution >= 0.6 is 0 Å². The van der Waals surface area contributed by atoms with Crippen LogP contribution in [0.1, 0.15) is 32.0 Å². The van der Waals surface area contributed by atoms with Crippen LogP contribution < -0.4 is 5.32 Å². The highest BCUT2D eigenvalue weighted by Crippen LogP contribution is 2.24. The number of fused-ring (bicyclic) bond motifs is 1. The predicted octanol–water partition coefficient (Wildman–Crippen LogP) is 2.34. The van der Waals surface area contributed by atoms with Gasteiger partial charge in [-0.05, 0) is 38.4 Å². The summed E-state index contributed by atoms with van der Waals surface area (Å²) in [6.07, 6.45) is 3.92. The molecule has 2 fully saturated rings. The number of amides is 2. The van der Waals surface area contributed by atoms with Gasteiger partial charge in [-0.25, -0.2) is 9.78 Å². The normalized spacial score (nSPS) is 22.2. The Bertz CT molecular complexity index is 764. The zero-order valence-electron chi connectivity index (χ0n) is 15.1. The van der Waals surface area contributed by atoms with Crippen molar-refractivity contribution in [2.24, 2.45) is 7.05 Å². The Hall–Kier alpha value is -2.08. The lowest BCUT2D eigenvalue weighted by atomic mass is 9.98. The first-order chi connectivity index (χ1) is 12.1. The van der Waals surface area contributed by atoms with E-state index in [4.69, 9.17) is 0 Å². The summed E-state index contributed by atoms with van der Waals surface area (Å²) in [7, 11) is 1.99. The van der Waals surface area contributed by atoms with Crippen molar-refractivity contribution < 1.29 is 4.79 Å². The van der Waals surface area contributed by atoms with Crippen LogP contribution in [0.15, 0.2) is 24.3 Å². The van der Waals surface area contributed by atoms with E-state index in [2.05, 4.69) is 22.1 Å². The number of benzene rings is 1. The van der Waals surface area contributed by atoms with Crippen molar-refractivity contribution in [2.45, 2.75) is 44.8 Å². The molecule has 1 N–H and O–H groups in total. The zero-order chi connectivity index (χ0) is 17.4. The fraction of sp³-hybridized carbons (Fsp3) is 0.579. The first kappa shape index (κ1) is 16.4. The summed E-state index contributed by atoms with van der Waals surface area (Å²) in [5, 5.41) is 3.02. The fourth-order valence-electron chi connectivity index (χ4n) is 4.11. The number of nitrogens with zero attached hydrogens (tertiary/aromatic N) is 4. The minimum absolute atomic E-state index is 0.0213. The summed E-state index contributed by atoms with van der Waals surface area (Å²) in [5.74, 6) is 0.885. The summed E-state index contributed by atoms with van der Waals surface area (Å²) < 4.78 is 2.05. The van der Waals surface area contributed by atoms with Gasteiger partial charge in [0.2, 0.25) is 0 Å². The van der Waals surface area contributed by atoms with E-state index in [1.807, 2.05) is 40.8 Å². The zero-order valence-corrected chi connectivity index (χ0v) is 15.1. The van der Waals surface area contributed by atoms with Crippen LogP contribution in [0.5, 0.6) is 0 Å². The number of carbonyl (C=O) groups excluding carboxylic acids is 1. The maximum atomic E-state index is 12.4. The van der Waals surface area contributed by atoms with Crippen molar-refractivity contribution in [1.82, 2.24) is 24.7 Å². The lowest BCUT2D eigenvalue weighted by molar-refractivity contribution is 0.0168. The molecule has 6 heteroatoms. The van der Waals surface area contributed by atoms with E-state index in [1.54, 1.807) is 0 Å². The second-order valence-electron chi connectivity index (χ2n) is 7.38. The van der Waals surface area contributed by atoms with E-state index in [0.717, 1.165) is 29.9 Å². The number of nitrogens with one attached hydrogen (secondary N) is 1. The van der Waals surface area contributed by atoms with E-state index < -0.39 is 0 Å². The number of hydrogen-bond acceptors (Lipinski definition) is 3. The number of aryl methyl sites for hydroxylation is 1. The Kier molecular flexibility index (Phi) is 4.37. The molecule has 2 amide bonds. The Labute approximate surface area is 148 Å². The van der Waals surface area contributed by atoms with Crippen molar-refractivity contribution in [3.8, 4) is 0 Å². The molecule has 1 unspecified atom stereocenters. The standard InChI is InChI=1S/C19H27N5O/c1-14-7-5-6-10-24(14)15-12-23(13-15)19(25)20-11-18-21-16-8-3-4-9-17(16)22(18)2/h3-4,8-9,14-15H,5-7,10-13H2,1-2H3,(H,20,25). The van der Waals surface area contributed by atoms with E-state index in [-0.39, 0.29) is 6.03 Å². The third-order valence-corrected chi connectivity index (χ3v) is 5.75. The predicted molar refractivity (Wildman–Crippen MR) is 98.3 cm³/mol. The van der Waals surface area contributed by atoms with Crippen molar-refractivity contribution in [3.05, 3.63) is 30.1 Å². The van der Waals surface area contributed by atoms with Crippen LogP contribution in [0.3, 0.4) is 0 Å². The fourth-order valence-corrected chi connectivity index (χ4v) is 4.11. The monoisotopic (exact) mass is 341 g/mol. The van der Waals surface area contributed by atoms with Gasteiger partial charge in [0.25, 0.3) is 0 Å². The summed E-state index contributed by atoms with van der Waals surface area (Å²) >= 11 is 0. The topological polar surface area (TPSA) is 53.4 Å². The summed E-state index contributed by atoms with van der Waals surface area (Å²) in [4.78, 5) is 21.5. The number of imidazole rings is 1. The second-order valence-corrected chi connectivity index (χ2v) is 7.38. The molecule has 0 radical (unpaired) electrons. The number of carbonyl (C=O) groups is 1. The van der Waals surface area contributed by atoms with Crippen LogP contribution in [0.4, 0.5) is 4.79 Å². The van der Waals surface area contributed by atoms with Crippen molar-refractivity contribution >= 4 is 17.1 Å². The molecule has 2 saturated heterocycles. The highest BCUT2D eigenvalue weighted by Gasteiger charge is 2.37. The molecule has 1 aromatic heterocycles. The van der Waals surface area contributed by atoms with Crippen LogP contribution in [-0.2, 0) is 13.6 Å². The molecule has 0 saturated carbocycles. The molecule has 134 valence electrons. The molecule has 0 spiro atoms. The number of likely N-dealkylation sites (tertiary alicyclic amines) is 2. The van der Waals surface area contributed by atoms with Crippen LogP contribution in [0.2, 0.25) is 0 Å². The Morgan fingerprint density at radius 2 is 2.08 bits per heavy atom. The van der Waals surface area contributed by atoms with Gasteiger partial charge in [-0.3, -0.25) is 4.90 Å². The minimum Gasteiger partial charge on any atom is -0.331 e. The maximum Gasteiger partial charge on any atom is 0.317 e. The molecule has 1 aromatic carbocycles. The van der Waals surface area contributed by atoms with Crippen LogP contribution in [0, 0.1) is 0 Å². The summed E-state index contributed by atoms with van der Waals surface area (Å²) in [6, 6.07) is 9.26. The van der Waals surface area contributed by atoms with Gasteiger partial charge in [0.1, 0.15) is 5.82 Å². The number of aromatic nitrogens is 2. The molecule has 2 aliphatic heterocycles. The molecule has 0 aliphatic carbocycles. The average Bonchev–Trinajstić information content (AvgIpc) is 2.90. The van der Waals surface area contributed by atoms with E-state index in [1.165, 1.54) is 25.8 Å². The van der Waals surface area contributed by atoms with E-state index >= 15 is 0 Å². The van der Waals surface area contributed by atoms with E-state index in [9.17, 15) is 4.79 Å². The Morgan fingerprint density at radius 3 is 2.84 bits per heavy atom. The van der Waals surface area contributed by atoms with Crippen molar-refractivity contribution in [1.29, 1.82) is 0 Å². The largest absolute Gasteiger partial charge is 0.331 e. The van der Waals surface area contributed by atoms with Gasteiger partial charge in [0.05, 0.1) is 17.6 Å². The molecular weight excluding hydrogens is 314 g/mol. The van der Waals surface area contributed by atoms with Gasteiger partial charge in [-0.2, -0.15) is 0 Å². The maximum absolute atomic E-state index is 12.4. The lowest BCUT2D eigenvalue weighted by Gasteiger charge is -2.49. The Morgan fingerprint density at radius 1 is 1.28 bits per heavy atom. The molecule has 4 rings (SSSR count). The van der Waals surface area contributed by atoms with Gasteiger partial charge < -0.3 is 14.8 Å². The SMILES string of the molecule is CC1CCCCN1C1CN(C(=O)NCc2nc3ccccc3n2C)C1. The van der Waals surface area contributed by atoms with Gasteiger partial charge in [-0.1, -0.05) is 18.6 Å². The highest BCUT2D eigenvalue weighted by atomic mass is 16.2. The third-order valence-electron chi connectivity index (χ3n) is 5.75. The third kappa shape index (κ3) is 3.11. The van der Waals surface area contributed by atoms with Crippen LogP contribution in [0.25, 0.3) is 11.0 Å². The smallest absolute Gasteiger partial charge is 0.317 e. The molecule has 3 heterocycles. The second kappa shape index (κ2) is 6.67. The lowest BCUT2D eigenvalue weighted by Crippen LogP contribution is -2.65. The molecule has 2 aliphatic rings. The molecular formula is C19H27N5O. The van der Waals surface area contributed by atoms with E-state index in [0.29, 0.717) is 18.6 Å². The molecule has 2 aromatic rings. The van der Waals surface area contributed by atoms with Crippen molar-refractivity contribution in [2.75, 3.05) is 19.6 Å². The van der Waals surface area contributed by atoms with Gasteiger partial charge >= 0.3 is 6.03 Å². The first-order valence-corrected chi connectivity index (χ1v) is 9.32. The first-order valence-electron chi connectivity index (χ1n) is 9.32. The van der Waals surface area contributed by atoms with Gasteiger partial charge in [0, 0.05) is 32.2 Å². The van der Waals surface area contributed by atoms with Crippen molar-refractivity contribution in [3.63, 3.8) is 0 Å². The highest BCUT2D eigenvalue weighted by molar-refractivity contribution is 5.77. The quantitative estimate of drug-likeness (QED) is 0.932. The molecule has 1 atom stereocenters. The van der Waals surface area contributed by atoms with Gasteiger partial charge in [-0.15, -0.1) is 0 Å². The summed E-state index contributed by atoms with van der Waals surface area (Å²) in [6.45, 7) is 5.65. The molecule has 6 nitrogen and oxygen atoms in total. The molecule has 0 bridgehead atoms. The summed E-state index contributed by atoms with van der Waals surface area (Å²) in [5.41, 5.74) is 2.06. The molecule has 25 heavy (non-hydrogen) atoms. The number of rotatable bonds is 3. The van der Waals surface area contributed by atoms with Crippen LogP contribution in [-0.4, -0.2) is 57.1 Å². The average molecular weight is 341 g/mol.